The predicted octanol–water partition coefficient (Wildman–Crippen LogP) is 8.25. The molecule has 0 radical (unpaired) electrons. The highest BCUT2D eigenvalue weighted by atomic mass is 19.2. The molecule has 1 aliphatic heterocycles. The zero-order valence-electron chi connectivity index (χ0n) is 20.8. The van der Waals surface area contributed by atoms with Gasteiger partial charge in [-0.05, 0) is 61.6 Å². The van der Waals surface area contributed by atoms with Gasteiger partial charge in [0.1, 0.15) is 0 Å². The van der Waals surface area contributed by atoms with Crippen LogP contribution in [0.3, 0.4) is 0 Å². The van der Waals surface area contributed by atoms with Gasteiger partial charge in [0.15, 0.2) is 29.6 Å². The summed E-state index contributed by atoms with van der Waals surface area (Å²) in [6, 6.07) is 12.7. The molecule has 3 aromatic carbocycles. The summed E-state index contributed by atoms with van der Waals surface area (Å²) in [6.07, 6.45) is 4.34. The minimum absolute atomic E-state index is 0.0816. The Hall–Kier alpha value is -2.70. The Kier molecular flexibility index (Phi) is 8.81. The third-order valence-corrected chi connectivity index (χ3v) is 6.84. The molecular weight excluding hydrogens is 468 g/mol. The molecule has 0 aliphatic carbocycles. The van der Waals surface area contributed by atoms with E-state index in [-0.39, 0.29) is 34.5 Å². The van der Waals surface area contributed by atoms with Crippen LogP contribution in [0.5, 0.6) is 0 Å². The molecule has 0 N–H and O–H groups in total. The van der Waals surface area contributed by atoms with Gasteiger partial charge in [0.2, 0.25) is 0 Å². The second-order valence-corrected chi connectivity index (χ2v) is 9.34. The van der Waals surface area contributed by atoms with Crippen LogP contribution in [0.4, 0.5) is 17.6 Å². The van der Waals surface area contributed by atoms with E-state index < -0.39 is 23.3 Å². The van der Waals surface area contributed by atoms with Crippen molar-refractivity contribution in [3.63, 3.8) is 0 Å². The van der Waals surface area contributed by atoms with Crippen LogP contribution in [0.15, 0.2) is 48.5 Å². The van der Waals surface area contributed by atoms with Crippen molar-refractivity contribution in [3.05, 3.63) is 82.9 Å². The first kappa shape index (κ1) is 26.4. The molecule has 1 fully saturated rings. The van der Waals surface area contributed by atoms with Crippen LogP contribution in [0, 0.1) is 29.2 Å². The maximum Gasteiger partial charge on any atom is 0.167 e. The van der Waals surface area contributed by atoms with E-state index >= 15 is 4.39 Å². The second-order valence-electron chi connectivity index (χ2n) is 9.34. The molecule has 1 aliphatic rings. The minimum atomic E-state index is -1.20. The number of hydrogen-bond acceptors (Lipinski definition) is 2. The van der Waals surface area contributed by atoms with Crippen LogP contribution < -0.4 is 0 Å². The first-order valence-electron chi connectivity index (χ1n) is 12.7. The van der Waals surface area contributed by atoms with E-state index in [1.54, 1.807) is 12.1 Å². The predicted molar refractivity (Wildman–Crippen MR) is 134 cm³/mol. The van der Waals surface area contributed by atoms with E-state index in [1.165, 1.54) is 24.3 Å². The molecule has 0 saturated carbocycles. The van der Waals surface area contributed by atoms with E-state index in [0.717, 1.165) is 31.2 Å². The third kappa shape index (κ3) is 5.81. The Balaban J connectivity index is 1.49. The monoisotopic (exact) mass is 500 g/mol. The summed E-state index contributed by atoms with van der Waals surface area (Å²) in [5.74, 6) is -4.23. The Morgan fingerprint density at radius 2 is 1.39 bits per heavy atom. The molecule has 0 bridgehead atoms. The lowest BCUT2D eigenvalue weighted by Gasteiger charge is -2.28. The lowest BCUT2D eigenvalue weighted by atomic mass is 9.92. The first-order valence-corrected chi connectivity index (χ1v) is 12.7. The largest absolute Gasteiger partial charge is 0.353 e. The molecule has 6 heteroatoms. The summed E-state index contributed by atoms with van der Waals surface area (Å²) in [5, 5.41) is 0. The van der Waals surface area contributed by atoms with Gasteiger partial charge in [-0.15, -0.1) is 0 Å². The van der Waals surface area contributed by atoms with Gasteiger partial charge in [0.25, 0.3) is 0 Å². The van der Waals surface area contributed by atoms with Crippen molar-refractivity contribution < 1.29 is 27.0 Å². The van der Waals surface area contributed by atoms with Crippen molar-refractivity contribution in [1.82, 2.24) is 0 Å². The van der Waals surface area contributed by atoms with Crippen LogP contribution in [-0.4, -0.2) is 19.5 Å². The molecule has 1 saturated heterocycles. The summed E-state index contributed by atoms with van der Waals surface area (Å²) >= 11 is 0. The molecular formula is C30H32F4O2. The quantitative estimate of drug-likeness (QED) is 0.275. The van der Waals surface area contributed by atoms with Crippen molar-refractivity contribution in [3.8, 4) is 22.3 Å². The molecule has 36 heavy (non-hydrogen) atoms. The van der Waals surface area contributed by atoms with Gasteiger partial charge in [-0.1, -0.05) is 61.9 Å². The van der Waals surface area contributed by atoms with Gasteiger partial charge in [-0.2, -0.15) is 0 Å². The van der Waals surface area contributed by atoms with Crippen molar-refractivity contribution in [2.45, 2.75) is 58.7 Å². The topological polar surface area (TPSA) is 18.5 Å². The normalized spacial score (nSPS) is 17.9. The van der Waals surface area contributed by atoms with Crippen LogP contribution >= 0.6 is 0 Å². The number of benzene rings is 3. The fourth-order valence-corrected chi connectivity index (χ4v) is 4.80. The Morgan fingerprint density at radius 1 is 0.750 bits per heavy atom. The summed E-state index contributed by atoms with van der Waals surface area (Å²) in [4.78, 5) is 0. The second kappa shape index (κ2) is 12.0. The van der Waals surface area contributed by atoms with E-state index in [4.69, 9.17) is 9.47 Å². The lowest BCUT2D eigenvalue weighted by Crippen LogP contribution is -2.28. The third-order valence-electron chi connectivity index (χ3n) is 6.84. The average molecular weight is 501 g/mol. The first-order chi connectivity index (χ1) is 17.4. The molecule has 0 aromatic heterocycles. The van der Waals surface area contributed by atoms with Gasteiger partial charge in [0, 0.05) is 23.3 Å². The van der Waals surface area contributed by atoms with Crippen LogP contribution in [0.1, 0.15) is 50.7 Å². The van der Waals surface area contributed by atoms with E-state index in [1.807, 2.05) is 19.1 Å². The molecule has 0 spiro atoms. The molecule has 4 rings (SSSR count). The van der Waals surface area contributed by atoms with Crippen molar-refractivity contribution in [2.24, 2.45) is 5.92 Å². The number of halogens is 4. The lowest BCUT2D eigenvalue weighted by molar-refractivity contribution is -0.173. The van der Waals surface area contributed by atoms with Crippen molar-refractivity contribution in [2.75, 3.05) is 13.2 Å². The van der Waals surface area contributed by atoms with Crippen molar-refractivity contribution >= 4 is 0 Å². The minimum Gasteiger partial charge on any atom is -0.353 e. The highest BCUT2D eigenvalue weighted by molar-refractivity contribution is 5.72. The number of hydrogen-bond donors (Lipinski definition) is 0. The summed E-state index contributed by atoms with van der Waals surface area (Å²) < 4.78 is 71.0. The Morgan fingerprint density at radius 3 is 2.03 bits per heavy atom. The number of ether oxygens (including phenoxy) is 2. The van der Waals surface area contributed by atoms with E-state index in [9.17, 15) is 13.2 Å². The zero-order valence-corrected chi connectivity index (χ0v) is 20.8. The van der Waals surface area contributed by atoms with Gasteiger partial charge in [-0.3, -0.25) is 0 Å². The van der Waals surface area contributed by atoms with Crippen molar-refractivity contribution in [1.29, 1.82) is 0 Å². The fraction of sp³-hybridized carbons (Fsp3) is 0.400. The molecule has 3 aromatic rings. The van der Waals surface area contributed by atoms with E-state index in [2.05, 4.69) is 6.92 Å². The Bertz CT molecular complexity index is 1170. The number of aryl methyl sites for hydroxylation is 2. The maximum atomic E-state index is 15.0. The molecule has 1 heterocycles. The Labute approximate surface area is 210 Å². The van der Waals surface area contributed by atoms with Crippen LogP contribution in [0.25, 0.3) is 22.3 Å². The molecule has 2 atom stereocenters. The standard InChI is InChI=1S/C30H32F4O2/c1-3-5-19-6-10-21(11-7-19)23-15-16-25(30(34)28(23)32)24-14-13-22(27(31)29(24)33)12-8-20-9-17-26(35-4-2)36-18-20/h6-7,10-11,13-16,20,26H,3-5,8-9,12,17-18H2,1-2H3. The highest BCUT2D eigenvalue weighted by Gasteiger charge is 2.24. The smallest absolute Gasteiger partial charge is 0.167 e. The van der Waals surface area contributed by atoms with Gasteiger partial charge in [-0.25, -0.2) is 17.6 Å². The summed E-state index contributed by atoms with van der Waals surface area (Å²) in [7, 11) is 0. The van der Waals surface area contributed by atoms with Gasteiger partial charge >= 0.3 is 0 Å². The van der Waals surface area contributed by atoms with Gasteiger partial charge < -0.3 is 9.47 Å². The van der Waals surface area contributed by atoms with E-state index in [0.29, 0.717) is 31.6 Å². The highest BCUT2D eigenvalue weighted by Crippen LogP contribution is 2.34. The summed E-state index contributed by atoms with van der Waals surface area (Å²) in [6.45, 7) is 5.09. The average Bonchev–Trinajstić information content (AvgIpc) is 2.89. The SMILES string of the molecule is CCCc1ccc(-c2ccc(-c3ccc(CCC4CCC(OCC)OC4)c(F)c3F)c(F)c2F)cc1. The number of rotatable bonds is 9. The molecule has 192 valence electrons. The van der Waals surface area contributed by atoms with Gasteiger partial charge in [0.05, 0.1) is 6.61 Å². The maximum absolute atomic E-state index is 15.0. The fourth-order valence-electron chi connectivity index (χ4n) is 4.80. The molecule has 0 amide bonds. The molecule has 2 unspecified atom stereocenters. The van der Waals surface area contributed by atoms with Crippen LogP contribution in [-0.2, 0) is 22.3 Å². The summed E-state index contributed by atoms with van der Waals surface area (Å²) in [5.41, 5.74) is 1.34. The zero-order chi connectivity index (χ0) is 25.7. The van der Waals surface area contributed by atoms with Crippen LogP contribution in [0.2, 0.25) is 0 Å². The molecule has 2 nitrogen and oxygen atoms in total.